The van der Waals surface area contributed by atoms with Crippen LogP contribution in [-0.4, -0.2) is 29.2 Å². The van der Waals surface area contributed by atoms with Crippen LogP contribution in [0.3, 0.4) is 0 Å². The van der Waals surface area contributed by atoms with Crippen LogP contribution in [-0.2, 0) is 23.9 Å². The molecule has 144 valence electrons. The van der Waals surface area contributed by atoms with Gasteiger partial charge < -0.3 is 9.73 Å². The summed E-state index contributed by atoms with van der Waals surface area (Å²) in [5.74, 6) is -0.541. The van der Waals surface area contributed by atoms with Gasteiger partial charge in [0.05, 0.1) is 33.6 Å². The number of amides is 1. The summed E-state index contributed by atoms with van der Waals surface area (Å²) in [6, 6.07) is 6.01. The fourth-order valence-electron chi connectivity index (χ4n) is 2.92. The molecule has 27 heavy (non-hydrogen) atoms. The first-order valence-electron chi connectivity index (χ1n) is 8.53. The molecule has 0 aliphatic carbocycles. The van der Waals surface area contributed by atoms with E-state index in [2.05, 4.69) is 5.32 Å². The second-order valence-corrected chi connectivity index (χ2v) is 8.42. The molecule has 2 heterocycles. The number of fused-ring (bicyclic) bond motifs is 1. The summed E-state index contributed by atoms with van der Waals surface area (Å²) in [6.45, 7) is 1.90. The molecule has 0 fully saturated rings. The number of aryl methyl sites for hydroxylation is 2. The first-order chi connectivity index (χ1) is 12.8. The largest absolute Gasteiger partial charge is 0.459 e. The maximum Gasteiger partial charge on any atom is 0.328 e. The molecule has 0 aliphatic heterocycles. The zero-order valence-corrected chi connectivity index (χ0v) is 16.2. The molecule has 3 rings (SSSR count). The summed E-state index contributed by atoms with van der Waals surface area (Å²) >= 11 is 0. The van der Waals surface area contributed by atoms with Gasteiger partial charge in [-0.25, -0.2) is 13.2 Å². The number of unbranched alkanes of at least 4 members (excludes halogenated alkanes) is 1. The van der Waals surface area contributed by atoms with E-state index in [1.807, 2.05) is 6.92 Å². The number of hydrogen-bond acceptors (Lipinski definition) is 5. The van der Waals surface area contributed by atoms with Gasteiger partial charge in [0.15, 0.2) is 15.6 Å². The summed E-state index contributed by atoms with van der Waals surface area (Å²) in [5, 5.41) is 2.61. The van der Waals surface area contributed by atoms with Gasteiger partial charge in [-0.2, -0.15) is 0 Å². The van der Waals surface area contributed by atoms with Crippen LogP contribution >= 0.6 is 0 Å². The van der Waals surface area contributed by atoms with Crippen LogP contribution in [0.15, 0.2) is 44.6 Å². The van der Waals surface area contributed by atoms with E-state index < -0.39 is 15.7 Å². The minimum absolute atomic E-state index is 0.00967. The number of sulfone groups is 1. The Morgan fingerprint density at radius 1 is 1.19 bits per heavy atom. The molecule has 0 aliphatic rings. The number of imidazole rings is 1. The van der Waals surface area contributed by atoms with Gasteiger partial charge in [-0.05, 0) is 30.7 Å². The van der Waals surface area contributed by atoms with Gasteiger partial charge >= 0.3 is 5.69 Å². The molecule has 0 saturated heterocycles. The van der Waals surface area contributed by atoms with E-state index in [0.717, 1.165) is 6.42 Å². The number of rotatable bonds is 6. The smallest absolute Gasteiger partial charge is 0.328 e. The third-order valence-electron chi connectivity index (χ3n) is 4.47. The van der Waals surface area contributed by atoms with Gasteiger partial charge in [0.2, 0.25) is 0 Å². The first-order valence-corrected chi connectivity index (χ1v) is 10.2. The maximum absolute atomic E-state index is 12.9. The van der Waals surface area contributed by atoms with E-state index in [1.54, 1.807) is 20.2 Å². The van der Waals surface area contributed by atoms with Gasteiger partial charge in [0.1, 0.15) is 0 Å². The number of aromatic nitrogens is 2. The average molecular weight is 391 g/mol. The summed E-state index contributed by atoms with van der Waals surface area (Å²) in [6.07, 6.45) is 2.58. The van der Waals surface area contributed by atoms with Gasteiger partial charge in [0.25, 0.3) is 5.91 Å². The van der Waals surface area contributed by atoms with Crippen LogP contribution in [0.4, 0.5) is 5.69 Å². The summed E-state index contributed by atoms with van der Waals surface area (Å²) in [7, 11) is -0.480. The minimum Gasteiger partial charge on any atom is -0.459 e. The third kappa shape index (κ3) is 3.42. The highest BCUT2D eigenvalue weighted by atomic mass is 32.2. The SMILES string of the molecule is CCCCS(=O)(=O)c1cc2c(cc1NC(=O)c1ccco1)n(C)c(=O)n2C. The molecule has 2 aromatic heterocycles. The normalized spacial score (nSPS) is 11.8. The standard InChI is InChI=1S/C18H21N3O5S/c1-4-5-9-27(24,25)16-11-14-13(20(2)18(23)21(14)3)10-12(16)19-17(22)15-7-6-8-26-15/h6-8,10-11H,4-5,9H2,1-3H3,(H,19,22). The quantitative estimate of drug-likeness (QED) is 0.694. The zero-order valence-electron chi connectivity index (χ0n) is 15.4. The number of nitrogens with one attached hydrogen (secondary N) is 1. The summed E-state index contributed by atoms with van der Waals surface area (Å²) < 4.78 is 33.6. The highest BCUT2D eigenvalue weighted by Gasteiger charge is 2.23. The number of nitrogens with zero attached hydrogens (tertiary/aromatic N) is 2. The lowest BCUT2D eigenvalue weighted by molar-refractivity contribution is 0.0996. The molecule has 0 saturated carbocycles. The van der Waals surface area contributed by atoms with Gasteiger partial charge in [-0.1, -0.05) is 13.3 Å². The van der Waals surface area contributed by atoms with E-state index >= 15 is 0 Å². The monoisotopic (exact) mass is 391 g/mol. The molecule has 0 radical (unpaired) electrons. The van der Waals surface area contributed by atoms with Gasteiger partial charge in [-0.15, -0.1) is 0 Å². The van der Waals surface area contributed by atoms with E-state index in [-0.39, 0.29) is 27.8 Å². The van der Waals surface area contributed by atoms with Crippen molar-refractivity contribution < 1.29 is 17.6 Å². The Hall–Kier alpha value is -2.81. The van der Waals surface area contributed by atoms with E-state index in [4.69, 9.17) is 4.42 Å². The third-order valence-corrected chi connectivity index (χ3v) is 6.30. The first kappa shape index (κ1) is 19.0. The second-order valence-electron chi connectivity index (χ2n) is 6.34. The predicted molar refractivity (Wildman–Crippen MR) is 102 cm³/mol. The molecular weight excluding hydrogens is 370 g/mol. The van der Waals surface area contributed by atoms with Gasteiger partial charge in [-0.3, -0.25) is 13.9 Å². The van der Waals surface area contributed by atoms with Crippen LogP contribution in [0.5, 0.6) is 0 Å². The van der Waals surface area contributed by atoms with Crippen LogP contribution in [0.1, 0.15) is 30.3 Å². The number of furan rings is 1. The Kier molecular flexibility index (Phi) is 4.97. The van der Waals surface area contributed by atoms with E-state index in [0.29, 0.717) is 17.5 Å². The maximum atomic E-state index is 12.9. The molecule has 3 aromatic rings. The van der Waals surface area contributed by atoms with Crippen LogP contribution in [0, 0.1) is 0 Å². The predicted octanol–water partition coefficient (Wildman–Crippen LogP) is 2.30. The van der Waals surface area contributed by atoms with Crippen molar-refractivity contribution in [2.75, 3.05) is 11.1 Å². The van der Waals surface area contributed by atoms with Gasteiger partial charge in [0, 0.05) is 14.1 Å². The van der Waals surface area contributed by atoms with Crippen molar-refractivity contribution >= 4 is 32.5 Å². The Labute approximate surface area is 156 Å². The van der Waals surface area contributed by atoms with Crippen molar-refractivity contribution in [3.63, 3.8) is 0 Å². The van der Waals surface area contributed by atoms with Crippen LogP contribution < -0.4 is 11.0 Å². The summed E-state index contributed by atoms with van der Waals surface area (Å²) in [4.78, 5) is 24.6. The summed E-state index contributed by atoms with van der Waals surface area (Å²) in [5.41, 5.74) is 0.845. The fourth-order valence-corrected chi connectivity index (χ4v) is 4.54. The Morgan fingerprint density at radius 2 is 1.85 bits per heavy atom. The number of hydrogen-bond donors (Lipinski definition) is 1. The molecular formula is C18H21N3O5S. The molecule has 0 spiro atoms. The molecule has 1 N–H and O–H groups in total. The number of carbonyl (C=O) groups is 1. The zero-order chi connectivity index (χ0) is 19.8. The fraction of sp³-hybridized carbons (Fsp3) is 0.333. The van der Waals surface area contributed by atoms with Crippen molar-refractivity contribution in [2.45, 2.75) is 24.7 Å². The van der Waals surface area contributed by atoms with Crippen molar-refractivity contribution in [3.8, 4) is 0 Å². The lowest BCUT2D eigenvalue weighted by Gasteiger charge is -2.12. The highest BCUT2D eigenvalue weighted by molar-refractivity contribution is 7.91. The van der Waals surface area contributed by atoms with Crippen molar-refractivity contribution in [1.82, 2.24) is 9.13 Å². The second kappa shape index (κ2) is 7.07. The molecule has 1 amide bonds. The molecule has 0 bridgehead atoms. The molecule has 9 heteroatoms. The Balaban J connectivity index is 2.19. The highest BCUT2D eigenvalue weighted by Crippen LogP contribution is 2.29. The molecule has 1 aromatic carbocycles. The average Bonchev–Trinajstić information content (AvgIpc) is 3.24. The van der Waals surface area contributed by atoms with E-state index in [1.165, 1.54) is 33.6 Å². The van der Waals surface area contributed by atoms with Crippen molar-refractivity contribution in [3.05, 3.63) is 46.8 Å². The Bertz CT molecular complexity index is 1150. The van der Waals surface area contributed by atoms with Crippen LogP contribution in [0.25, 0.3) is 11.0 Å². The topological polar surface area (TPSA) is 103 Å². The molecule has 0 atom stereocenters. The number of anilines is 1. The van der Waals surface area contributed by atoms with Crippen molar-refractivity contribution in [2.24, 2.45) is 14.1 Å². The lowest BCUT2D eigenvalue weighted by Crippen LogP contribution is -2.19. The molecule has 0 unspecified atom stereocenters. The van der Waals surface area contributed by atoms with Crippen molar-refractivity contribution in [1.29, 1.82) is 0 Å². The number of carbonyl (C=O) groups excluding carboxylic acids is 1. The lowest BCUT2D eigenvalue weighted by atomic mass is 10.2. The Morgan fingerprint density at radius 3 is 2.44 bits per heavy atom. The van der Waals surface area contributed by atoms with E-state index in [9.17, 15) is 18.0 Å². The van der Waals surface area contributed by atoms with Crippen LogP contribution in [0.2, 0.25) is 0 Å². The molecule has 8 nitrogen and oxygen atoms in total. The number of benzene rings is 1. The minimum atomic E-state index is -3.65.